The Kier molecular flexibility index (Phi) is 4.73. The number of anilines is 1. The average Bonchev–Trinajstić information content (AvgIpc) is 2.53. The summed E-state index contributed by atoms with van der Waals surface area (Å²) in [6.45, 7) is 3.12. The first-order valence-corrected chi connectivity index (χ1v) is 8.69. The van der Waals surface area contributed by atoms with Crippen molar-refractivity contribution in [2.75, 3.05) is 11.9 Å². The van der Waals surface area contributed by atoms with Gasteiger partial charge in [-0.25, -0.2) is 9.97 Å². The van der Waals surface area contributed by atoms with Crippen LogP contribution in [0, 0.1) is 3.57 Å². The van der Waals surface area contributed by atoms with Crippen molar-refractivity contribution < 1.29 is 0 Å². The van der Waals surface area contributed by atoms with Crippen molar-refractivity contribution in [2.24, 2.45) is 0 Å². The van der Waals surface area contributed by atoms with Crippen LogP contribution in [0.15, 0.2) is 30.5 Å². The van der Waals surface area contributed by atoms with Gasteiger partial charge >= 0.3 is 0 Å². The first kappa shape index (κ1) is 14.8. The van der Waals surface area contributed by atoms with E-state index in [9.17, 15) is 0 Å². The van der Waals surface area contributed by atoms with Crippen LogP contribution in [0.2, 0.25) is 0 Å². The van der Waals surface area contributed by atoms with E-state index in [1.54, 1.807) is 0 Å². The molecule has 3 rings (SSSR count). The molecule has 0 saturated carbocycles. The first-order chi connectivity index (χ1) is 10.3. The molecule has 1 aromatic heterocycles. The van der Waals surface area contributed by atoms with Crippen LogP contribution in [0.25, 0.3) is 0 Å². The number of hydrogen-bond acceptors (Lipinski definition) is 3. The van der Waals surface area contributed by atoms with Gasteiger partial charge in [0.05, 0.1) is 3.57 Å². The number of nitrogens with zero attached hydrogens (tertiary/aromatic N) is 2. The van der Waals surface area contributed by atoms with Crippen molar-refractivity contribution in [1.29, 1.82) is 0 Å². The van der Waals surface area contributed by atoms with Crippen molar-refractivity contribution in [3.05, 3.63) is 51.0 Å². The maximum absolute atomic E-state index is 4.78. The van der Waals surface area contributed by atoms with Crippen LogP contribution >= 0.6 is 22.6 Å². The Morgan fingerprint density at radius 3 is 2.90 bits per heavy atom. The maximum atomic E-state index is 4.78. The summed E-state index contributed by atoms with van der Waals surface area (Å²) in [4.78, 5) is 9.36. The molecule has 1 unspecified atom stereocenters. The Hall–Kier alpha value is -1.17. The second-order valence-corrected chi connectivity index (χ2v) is 6.72. The van der Waals surface area contributed by atoms with Gasteiger partial charge in [0.1, 0.15) is 11.6 Å². The molecule has 0 fully saturated rings. The van der Waals surface area contributed by atoms with E-state index in [-0.39, 0.29) is 0 Å². The zero-order valence-corrected chi connectivity index (χ0v) is 14.4. The minimum atomic E-state index is 0.444. The van der Waals surface area contributed by atoms with Gasteiger partial charge in [-0.05, 0) is 59.4 Å². The molecule has 0 amide bonds. The fraction of sp³-hybridized carbons (Fsp3) is 0.412. The number of rotatable bonds is 4. The quantitative estimate of drug-likeness (QED) is 0.793. The molecular weight excluding hydrogens is 373 g/mol. The van der Waals surface area contributed by atoms with E-state index in [1.165, 1.54) is 11.1 Å². The van der Waals surface area contributed by atoms with E-state index in [0.717, 1.165) is 47.4 Å². The van der Waals surface area contributed by atoms with Gasteiger partial charge in [0.2, 0.25) is 0 Å². The number of benzene rings is 1. The third-order valence-corrected chi connectivity index (χ3v) is 4.81. The predicted molar refractivity (Wildman–Crippen MR) is 94.7 cm³/mol. The molecule has 3 nitrogen and oxygen atoms in total. The topological polar surface area (TPSA) is 37.8 Å². The highest BCUT2D eigenvalue weighted by atomic mass is 127. The lowest BCUT2D eigenvalue weighted by Crippen LogP contribution is -2.16. The van der Waals surface area contributed by atoms with Gasteiger partial charge in [-0.15, -0.1) is 0 Å². The number of fused-ring (bicyclic) bond motifs is 1. The zero-order chi connectivity index (χ0) is 14.7. The highest BCUT2D eigenvalue weighted by molar-refractivity contribution is 14.1. The number of hydrogen-bond donors (Lipinski definition) is 1. The standard InChI is InChI=1S/C17H20IN3/c1-2-9-19-17-15(18)11-20-16(21-17)14-8-7-12-5-3-4-6-13(12)10-14/h3-6,11,14H,2,7-10H2,1H3,(H,19,20,21). The van der Waals surface area contributed by atoms with Crippen molar-refractivity contribution in [3.63, 3.8) is 0 Å². The lowest BCUT2D eigenvalue weighted by atomic mass is 9.83. The zero-order valence-electron chi connectivity index (χ0n) is 12.3. The minimum Gasteiger partial charge on any atom is -0.369 e. The SMILES string of the molecule is CCCNc1nc(C2CCc3ccccc3C2)ncc1I. The molecule has 21 heavy (non-hydrogen) atoms. The monoisotopic (exact) mass is 393 g/mol. The molecule has 4 heteroatoms. The summed E-state index contributed by atoms with van der Waals surface area (Å²) < 4.78 is 1.10. The van der Waals surface area contributed by atoms with E-state index >= 15 is 0 Å². The Balaban J connectivity index is 1.81. The highest BCUT2D eigenvalue weighted by Crippen LogP contribution is 2.31. The Morgan fingerprint density at radius 2 is 2.10 bits per heavy atom. The van der Waals surface area contributed by atoms with Gasteiger partial charge in [0, 0.05) is 18.7 Å². The second kappa shape index (κ2) is 6.73. The number of nitrogens with one attached hydrogen (secondary N) is 1. The second-order valence-electron chi connectivity index (χ2n) is 5.56. The third kappa shape index (κ3) is 3.36. The van der Waals surface area contributed by atoms with Crippen molar-refractivity contribution in [3.8, 4) is 0 Å². The van der Waals surface area contributed by atoms with Crippen molar-refractivity contribution >= 4 is 28.4 Å². The Morgan fingerprint density at radius 1 is 1.29 bits per heavy atom. The van der Waals surface area contributed by atoms with Gasteiger partial charge in [-0.1, -0.05) is 31.2 Å². The fourth-order valence-electron chi connectivity index (χ4n) is 2.86. The molecule has 0 radical (unpaired) electrons. The molecule has 1 N–H and O–H groups in total. The molecule has 1 heterocycles. The normalized spacial score (nSPS) is 17.3. The molecule has 1 aliphatic rings. The van der Waals surface area contributed by atoms with Gasteiger partial charge < -0.3 is 5.32 Å². The largest absolute Gasteiger partial charge is 0.369 e. The molecule has 0 aliphatic heterocycles. The molecule has 1 atom stereocenters. The fourth-order valence-corrected chi connectivity index (χ4v) is 3.31. The molecule has 1 aromatic carbocycles. The van der Waals surface area contributed by atoms with Crippen LogP contribution in [0.3, 0.4) is 0 Å². The number of aromatic nitrogens is 2. The van der Waals surface area contributed by atoms with Crippen LogP contribution < -0.4 is 5.32 Å². The van der Waals surface area contributed by atoms with Gasteiger partial charge in [-0.3, -0.25) is 0 Å². The number of halogens is 1. The van der Waals surface area contributed by atoms with Gasteiger partial charge in [-0.2, -0.15) is 0 Å². The van der Waals surface area contributed by atoms with E-state index in [1.807, 2.05) is 6.20 Å². The van der Waals surface area contributed by atoms with E-state index < -0.39 is 0 Å². The van der Waals surface area contributed by atoms with Crippen LogP contribution in [0.4, 0.5) is 5.82 Å². The summed E-state index contributed by atoms with van der Waals surface area (Å²) in [6, 6.07) is 8.75. The van der Waals surface area contributed by atoms with Gasteiger partial charge in [0.15, 0.2) is 0 Å². The molecule has 110 valence electrons. The summed E-state index contributed by atoms with van der Waals surface area (Å²) in [7, 11) is 0. The van der Waals surface area contributed by atoms with E-state index in [4.69, 9.17) is 4.98 Å². The summed E-state index contributed by atoms with van der Waals surface area (Å²) >= 11 is 2.30. The molecular formula is C17H20IN3. The molecule has 2 aromatic rings. The summed E-state index contributed by atoms with van der Waals surface area (Å²) in [5.41, 5.74) is 2.95. The lowest BCUT2D eigenvalue weighted by molar-refractivity contribution is 0.555. The smallest absolute Gasteiger partial charge is 0.143 e. The van der Waals surface area contributed by atoms with Crippen LogP contribution in [-0.2, 0) is 12.8 Å². The minimum absolute atomic E-state index is 0.444. The molecule has 1 aliphatic carbocycles. The Labute approximate surface area is 139 Å². The Bertz CT molecular complexity index is 627. The van der Waals surface area contributed by atoms with Crippen molar-refractivity contribution in [2.45, 2.75) is 38.5 Å². The van der Waals surface area contributed by atoms with Gasteiger partial charge in [0.25, 0.3) is 0 Å². The predicted octanol–water partition coefficient (Wildman–Crippen LogP) is 4.18. The summed E-state index contributed by atoms with van der Waals surface area (Å²) in [5.74, 6) is 2.42. The van der Waals surface area contributed by atoms with Crippen molar-refractivity contribution in [1.82, 2.24) is 9.97 Å². The summed E-state index contributed by atoms with van der Waals surface area (Å²) in [5, 5.41) is 3.40. The van der Waals surface area contributed by atoms with E-state index in [0.29, 0.717) is 5.92 Å². The lowest BCUT2D eigenvalue weighted by Gasteiger charge is -2.23. The highest BCUT2D eigenvalue weighted by Gasteiger charge is 2.22. The van der Waals surface area contributed by atoms with E-state index in [2.05, 4.69) is 64.1 Å². The van der Waals surface area contributed by atoms with Crippen LogP contribution in [0.1, 0.15) is 42.6 Å². The summed E-state index contributed by atoms with van der Waals surface area (Å²) in [6.07, 6.45) is 6.39. The van der Waals surface area contributed by atoms with Crippen LogP contribution in [-0.4, -0.2) is 16.5 Å². The molecule has 0 spiro atoms. The molecule has 0 saturated heterocycles. The molecule has 0 bridgehead atoms. The van der Waals surface area contributed by atoms with Crippen LogP contribution in [0.5, 0.6) is 0 Å². The first-order valence-electron chi connectivity index (χ1n) is 7.61. The number of aryl methyl sites for hydroxylation is 1. The maximum Gasteiger partial charge on any atom is 0.143 e. The average molecular weight is 393 g/mol. The third-order valence-electron chi connectivity index (χ3n) is 4.02.